The van der Waals surface area contributed by atoms with Crippen LogP contribution in [0.2, 0.25) is 0 Å². The van der Waals surface area contributed by atoms with Crippen LogP contribution in [0.5, 0.6) is 5.75 Å². The summed E-state index contributed by atoms with van der Waals surface area (Å²) in [5.41, 5.74) is 5.34. The lowest BCUT2D eigenvalue weighted by Crippen LogP contribution is -2.29. The highest BCUT2D eigenvalue weighted by molar-refractivity contribution is 5.34. The number of hydrazine groups is 1. The van der Waals surface area contributed by atoms with Gasteiger partial charge in [-0.05, 0) is 54.3 Å². The van der Waals surface area contributed by atoms with Crippen LogP contribution in [0.25, 0.3) is 0 Å². The maximum atomic E-state index is 13.5. The van der Waals surface area contributed by atoms with Gasteiger partial charge in [0, 0.05) is 0 Å². The van der Waals surface area contributed by atoms with Gasteiger partial charge in [0.2, 0.25) is 0 Å². The van der Waals surface area contributed by atoms with E-state index in [1.807, 2.05) is 6.92 Å². The molecule has 3 nitrogen and oxygen atoms in total. The van der Waals surface area contributed by atoms with Crippen LogP contribution in [0.1, 0.15) is 22.7 Å². The lowest BCUT2D eigenvalue weighted by molar-refractivity contribution is 0.384. The standard InChI is InChI=1S/C16H18F2N2O/c1-10-7-13(17)5-3-11(10)8-15(20-19)12-4-6-14(18)16(9-12)21-2/h3-7,9,15,20H,8,19H2,1-2H3. The second-order valence-electron chi connectivity index (χ2n) is 4.89. The minimum atomic E-state index is -0.421. The van der Waals surface area contributed by atoms with Crippen molar-refractivity contribution in [2.75, 3.05) is 7.11 Å². The molecule has 1 unspecified atom stereocenters. The van der Waals surface area contributed by atoms with E-state index in [0.29, 0.717) is 6.42 Å². The maximum absolute atomic E-state index is 13.5. The third kappa shape index (κ3) is 3.56. The summed E-state index contributed by atoms with van der Waals surface area (Å²) in [6, 6.07) is 9.02. The van der Waals surface area contributed by atoms with Crippen LogP contribution in [-0.2, 0) is 6.42 Å². The van der Waals surface area contributed by atoms with Crippen molar-refractivity contribution in [3.63, 3.8) is 0 Å². The Balaban J connectivity index is 2.27. The number of hydrogen-bond donors (Lipinski definition) is 2. The van der Waals surface area contributed by atoms with Gasteiger partial charge in [0.05, 0.1) is 13.2 Å². The van der Waals surface area contributed by atoms with Crippen molar-refractivity contribution < 1.29 is 13.5 Å². The van der Waals surface area contributed by atoms with Crippen molar-refractivity contribution in [3.05, 3.63) is 64.7 Å². The summed E-state index contributed by atoms with van der Waals surface area (Å²) < 4.78 is 31.6. The summed E-state index contributed by atoms with van der Waals surface area (Å²) in [6.07, 6.45) is 0.567. The number of benzene rings is 2. The van der Waals surface area contributed by atoms with Crippen LogP contribution >= 0.6 is 0 Å². The average Bonchev–Trinajstić information content (AvgIpc) is 2.47. The first-order valence-corrected chi connectivity index (χ1v) is 6.59. The normalized spacial score (nSPS) is 12.2. The van der Waals surface area contributed by atoms with Gasteiger partial charge < -0.3 is 4.74 Å². The van der Waals surface area contributed by atoms with E-state index in [9.17, 15) is 8.78 Å². The Morgan fingerprint density at radius 3 is 2.57 bits per heavy atom. The van der Waals surface area contributed by atoms with Crippen molar-refractivity contribution in [1.29, 1.82) is 0 Å². The second-order valence-corrected chi connectivity index (χ2v) is 4.89. The van der Waals surface area contributed by atoms with E-state index in [4.69, 9.17) is 10.6 Å². The average molecular weight is 292 g/mol. The molecular weight excluding hydrogens is 274 g/mol. The first-order chi connectivity index (χ1) is 10.0. The predicted molar refractivity (Wildman–Crippen MR) is 77.9 cm³/mol. The third-order valence-electron chi connectivity index (χ3n) is 3.51. The quantitative estimate of drug-likeness (QED) is 0.658. The Kier molecular flexibility index (Phi) is 4.88. The Bertz CT molecular complexity index is 632. The van der Waals surface area contributed by atoms with Crippen LogP contribution in [-0.4, -0.2) is 7.11 Å². The van der Waals surface area contributed by atoms with Crippen molar-refractivity contribution in [2.45, 2.75) is 19.4 Å². The molecule has 0 aliphatic rings. The molecule has 0 fully saturated rings. The molecule has 2 aromatic rings. The highest BCUT2D eigenvalue weighted by Gasteiger charge is 2.14. The number of aryl methyl sites for hydroxylation is 1. The summed E-state index contributed by atoms with van der Waals surface area (Å²) in [6.45, 7) is 1.84. The van der Waals surface area contributed by atoms with Crippen molar-refractivity contribution >= 4 is 0 Å². The lowest BCUT2D eigenvalue weighted by Gasteiger charge is -2.18. The molecule has 21 heavy (non-hydrogen) atoms. The highest BCUT2D eigenvalue weighted by Crippen LogP contribution is 2.25. The largest absolute Gasteiger partial charge is 0.494 e. The summed E-state index contributed by atoms with van der Waals surface area (Å²) in [4.78, 5) is 0. The van der Waals surface area contributed by atoms with E-state index in [0.717, 1.165) is 16.7 Å². The number of ether oxygens (including phenoxy) is 1. The van der Waals surface area contributed by atoms with Crippen molar-refractivity contribution in [3.8, 4) is 5.75 Å². The summed E-state index contributed by atoms with van der Waals surface area (Å²) in [5, 5.41) is 0. The molecule has 0 bridgehead atoms. The van der Waals surface area contributed by atoms with Gasteiger partial charge in [-0.3, -0.25) is 11.3 Å². The molecule has 112 valence electrons. The van der Waals surface area contributed by atoms with E-state index in [2.05, 4.69) is 5.43 Å². The molecule has 3 N–H and O–H groups in total. The fourth-order valence-electron chi connectivity index (χ4n) is 2.27. The zero-order valence-corrected chi connectivity index (χ0v) is 12.0. The SMILES string of the molecule is COc1cc(C(Cc2ccc(F)cc2C)NN)ccc1F. The molecule has 1 atom stereocenters. The van der Waals surface area contributed by atoms with Crippen LogP contribution in [0.4, 0.5) is 8.78 Å². The number of nitrogens with one attached hydrogen (secondary N) is 1. The van der Waals surface area contributed by atoms with Gasteiger partial charge in [-0.25, -0.2) is 8.78 Å². The number of nitrogens with two attached hydrogens (primary N) is 1. The van der Waals surface area contributed by atoms with Gasteiger partial charge in [0.1, 0.15) is 5.82 Å². The molecule has 0 saturated carbocycles. The van der Waals surface area contributed by atoms with Crippen molar-refractivity contribution in [2.24, 2.45) is 5.84 Å². The highest BCUT2D eigenvalue weighted by atomic mass is 19.1. The van der Waals surface area contributed by atoms with Gasteiger partial charge >= 0.3 is 0 Å². The van der Waals surface area contributed by atoms with Crippen molar-refractivity contribution in [1.82, 2.24) is 5.43 Å². The molecule has 0 heterocycles. The number of hydrogen-bond acceptors (Lipinski definition) is 3. The minimum Gasteiger partial charge on any atom is -0.494 e. The first kappa shape index (κ1) is 15.4. The third-order valence-corrected chi connectivity index (χ3v) is 3.51. The Labute approximate surface area is 122 Å². The van der Waals surface area contributed by atoms with Crippen LogP contribution in [0, 0.1) is 18.6 Å². The maximum Gasteiger partial charge on any atom is 0.165 e. The second kappa shape index (κ2) is 6.65. The van der Waals surface area contributed by atoms with E-state index in [1.165, 1.54) is 25.3 Å². The molecule has 2 aromatic carbocycles. The van der Waals surface area contributed by atoms with Gasteiger partial charge in [-0.2, -0.15) is 0 Å². The Hall–Kier alpha value is -1.98. The van der Waals surface area contributed by atoms with Crippen LogP contribution < -0.4 is 16.0 Å². The van der Waals surface area contributed by atoms with E-state index in [1.54, 1.807) is 18.2 Å². The van der Waals surface area contributed by atoms with Gasteiger partial charge in [-0.1, -0.05) is 12.1 Å². The van der Waals surface area contributed by atoms with Crippen LogP contribution in [0.3, 0.4) is 0 Å². The first-order valence-electron chi connectivity index (χ1n) is 6.59. The molecule has 0 radical (unpaired) electrons. The zero-order valence-electron chi connectivity index (χ0n) is 12.0. The summed E-state index contributed by atoms with van der Waals surface area (Å²) >= 11 is 0. The number of halogens is 2. The molecule has 0 saturated heterocycles. The number of rotatable bonds is 5. The summed E-state index contributed by atoms with van der Waals surface area (Å²) in [7, 11) is 1.41. The molecule has 5 heteroatoms. The minimum absolute atomic E-state index is 0.170. The van der Waals surface area contributed by atoms with Gasteiger partial charge in [-0.15, -0.1) is 0 Å². The molecule has 0 amide bonds. The Morgan fingerprint density at radius 2 is 1.95 bits per heavy atom. The fourth-order valence-corrected chi connectivity index (χ4v) is 2.27. The van der Waals surface area contributed by atoms with Crippen LogP contribution in [0.15, 0.2) is 36.4 Å². The topological polar surface area (TPSA) is 47.3 Å². The summed E-state index contributed by atoms with van der Waals surface area (Å²) in [5.74, 6) is 5.09. The fraction of sp³-hybridized carbons (Fsp3) is 0.250. The molecule has 2 rings (SSSR count). The molecule has 0 aliphatic heterocycles. The smallest absolute Gasteiger partial charge is 0.165 e. The molecule has 0 spiro atoms. The van der Waals surface area contributed by atoms with Gasteiger partial charge in [0.25, 0.3) is 0 Å². The van der Waals surface area contributed by atoms with Gasteiger partial charge in [0.15, 0.2) is 11.6 Å². The Morgan fingerprint density at radius 1 is 1.19 bits per heavy atom. The number of methoxy groups -OCH3 is 1. The molecule has 0 aliphatic carbocycles. The van der Waals surface area contributed by atoms with E-state index in [-0.39, 0.29) is 17.6 Å². The predicted octanol–water partition coefficient (Wildman–Crippen LogP) is 3.03. The zero-order chi connectivity index (χ0) is 15.4. The lowest BCUT2D eigenvalue weighted by atomic mass is 9.96. The van der Waals surface area contributed by atoms with E-state index < -0.39 is 5.82 Å². The monoisotopic (exact) mass is 292 g/mol. The molecule has 0 aromatic heterocycles. The van der Waals surface area contributed by atoms with E-state index >= 15 is 0 Å². The molecular formula is C16H18F2N2O.